The molecule has 36 heavy (non-hydrogen) atoms. The highest BCUT2D eigenvalue weighted by Crippen LogP contribution is 2.42. The van der Waals surface area contributed by atoms with Crippen molar-refractivity contribution in [3.05, 3.63) is 58.7 Å². The van der Waals surface area contributed by atoms with Crippen LogP contribution in [0.5, 0.6) is 17.2 Å². The van der Waals surface area contributed by atoms with Crippen molar-refractivity contribution in [1.29, 1.82) is 0 Å². The molecule has 4 rings (SSSR count). The monoisotopic (exact) mass is 496 g/mol. The summed E-state index contributed by atoms with van der Waals surface area (Å²) in [7, 11) is 2.99. The molecule has 2 aromatic carbocycles. The number of benzene rings is 2. The lowest BCUT2D eigenvalue weighted by molar-refractivity contribution is -0.140. The molecule has 192 valence electrons. The first-order chi connectivity index (χ1) is 17.3. The number of carbonyl (C=O) groups is 2. The summed E-state index contributed by atoms with van der Waals surface area (Å²) in [4.78, 5) is 30.2. The highest BCUT2D eigenvalue weighted by atomic mass is 16.5. The minimum absolute atomic E-state index is 0.00341. The number of aryl methyl sites for hydroxylation is 1. The van der Waals surface area contributed by atoms with Gasteiger partial charge in [0.1, 0.15) is 11.5 Å². The molecule has 1 atom stereocenters. The average molecular weight is 497 g/mol. The molecule has 9 heteroatoms. The number of likely N-dealkylation sites (tertiary alicyclic amines) is 1. The number of aliphatic hydroxyl groups excluding tert-OH is 1. The number of nitrogens with zero attached hydrogens (tertiary/aromatic N) is 2. The van der Waals surface area contributed by atoms with Gasteiger partial charge in [0.05, 0.1) is 39.0 Å². The van der Waals surface area contributed by atoms with E-state index in [1.165, 1.54) is 18.1 Å². The van der Waals surface area contributed by atoms with E-state index in [4.69, 9.17) is 14.2 Å². The number of phenols is 1. The van der Waals surface area contributed by atoms with E-state index in [-0.39, 0.29) is 22.8 Å². The molecule has 0 spiro atoms. The zero-order valence-electron chi connectivity index (χ0n) is 20.8. The molecule has 2 heterocycles. The number of aromatic hydroxyl groups is 1. The molecule has 0 unspecified atom stereocenters. The Kier molecular flexibility index (Phi) is 7.81. The SMILES string of the molecule is COc1ccc(/C(O)=C2\C(=O)C(=O)N(CCCN3CCOCC3)[C@@H]2c2ccc(O)c(OC)c2)cc1C. The third kappa shape index (κ3) is 5.03. The molecule has 2 saturated heterocycles. The predicted octanol–water partition coefficient (Wildman–Crippen LogP) is 2.86. The molecule has 0 aliphatic carbocycles. The Morgan fingerprint density at radius 1 is 1.03 bits per heavy atom. The Morgan fingerprint density at radius 3 is 2.42 bits per heavy atom. The number of ether oxygens (including phenoxy) is 3. The fourth-order valence-corrected chi connectivity index (χ4v) is 4.79. The van der Waals surface area contributed by atoms with E-state index >= 15 is 0 Å². The predicted molar refractivity (Wildman–Crippen MR) is 133 cm³/mol. The second-order valence-corrected chi connectivity index (χ2v) is 8.92. The quantitative estimate of drug-likeness (QED) is 0.326. The van der Waals surface area contributed by atoms with E-state index in [2.05, 4.69) is 4.90 Å². The van der Waals surface area contributed by atoms with Gasteiger partial charge in [0.15, 0.2) is 11.5 Å². The normalized spacial score (nSPS) is 20.1. The Morgan fingerprint density at radius 2 is 1.75 bits per heavy atom. The summed E-state index contributed by atoms with van der Waals surface area (Å²) >= 11 is 0. The number of methoxy groups -OCH3 is 2. The van der Waals surface area contributed by atoms with E-state index in [1.807, 2.05) is 6.92 Å². The van der Waals surface area contributed by atoms with Crippen LogP contribution in [-0.2, 0) is 14.3 Å². The second-order valence-electron chi connectivity index (χ2n) is 8.92. The van der Waals surface area contributed by atoms with Crippen LogP contribution in [0.1, 0.15) is 29.2 Å². The first-order valence-electron chi connectivity index (χ1n) is 12.0. The van der Waals surface area contributed by atoms with E-state index in [9.17, 15) is 19.8 Å². The van der Waals surface area contributed by atoms with Gasteiger partial charge < -0.3 is 29.3 Å². The maximum absolute atomic E-state index is 13.3. The molecule has 2 fully saturated rings. The van der Waals surface area contributed by atoms with E-state index in [0.29, 0.717) is 43.1 Å². The number of morpholine rings is 1. The van der Waals surface area contributed by atoms with Crippen molar-refractivity contribution in [2.75, 3.05) is 53.6 Å². The topological polar surface area (TPSA) is 109 Å². The molecule has 2 N–H and O–H groups in total. The molecule has 2 aliphatic heterocycles. The Balaban J connectivity index is 1.73. The molecule has 0 bridgehead atoms. The molecule has 0 radical (unpaired) electrons. The summed E-state index contributed by atoms with van der Waals surface area (Å²) < 4.78 is 16.0. The van der Waals surface area contributed by atoms with Crippen LogP contribution >= 0.6 is 0 Å². The second kappa shape index (κ2) is 11.0. The van der Waals surface area contributed by atoms with E-state index in [1.54, 1.807) is 37.4 Å². The van der Waals surface area contributed by atoms with E-state index < -0.39 is 17.7 Å². The highest BCUT2D eigenvalue weighted by molar-refractivity contribution is 6.46. The number of amides is 1. The van der Waals surface area contributed by atoms with Crippen molar-refractivity contribution in [3.8, 4) is 17.2 Å². The van der Waals surface area contributed by atoms with Crippen LogP contribution in [0, 0.1) is 6.92 Å². The molecule has 2 aliphatic rings. The van der Waals surface area contributed by atoms with Crippen LogP contribution in [0.4, 0.5) is 0 Å². The summed E-state index contributed by atoms with van der Waals surface area (Å²) in [6.45, 7) is 5.94. The standard InChI is InChI=1S/C27H32N2O7/c1-17-15-19(6-8-21(17)34-2)25(31)23-24(18-5-7-20(30)22(16-18)35-3)29(27(33)26(23)32)10-4-9-28-11-13-36-14-12-28/h5-8,15-16,24,30-31H,4,9-14H2,1-3H3/b25-23+/t24-/m1/s1. The van der Waals surface area contributed by atoms with Gasteiger partial charge >= 0.3 is 0 Å². The molecular formula is C27H32N2O7. The number of hydrogen-bond donors (Lipinski definition) is 2. The summed E-state index contributed by atoms with van der Waals surface area (Å²) in [5.74, 6) is -0.866. The fraction of sp³-hybridized carbons (Fsp3) is 0.407. The van der Waals surface area contributed by atoms with Gasteiger partial charge in [-0.25, -0.2) is 0 Å². The Hall–Kier alpha value is -3.56. The van der Waals surface area contributed by atoms with Crippen molar-refractivity contribution in [3.63, 3.8) is 0 Å². The van der Waals surface area contributed by atoms with Crippen LogP contribution in [0.25, 0.3) is 5.76 Å². The van der Waals surface area contributed by atoms with Gasteiger partial charge in [-0.2, -0.15) is 0 Å². The third-order valence-electron chi connectivity index (χ3n) is 6.70. The van der Waals surface area contributed by atoms with Crippen LogP contribution in [0.3, 0.4) is 0 Å². The van der Waals surface area contributed by atoms with Gasteiger partial charge in [-0.1, -0.05) is 6.07 Å². The summed E-state index contributed by atoms with van der Waals surface area (Å²) in [5.41, 5.74) is 1.75. The summed E-state index contributed by atoms with van der Waals surface area (Å²) in [6, 6.07) is 8.94. The summed E-state index contributed by atoms with van der Waals surface area (Å²) in [5, 5.41) is 21.4. The smallest absolute Gasteiger partial charge is 0.295 e. The largest absolute Gasteiger partial charge is 0.507 e. The van der Waals surface area contributed by atoms with Gasteiger partial charge in [0, 0.05) is 31.7 Å². The Bertz CT molecular complexity index is 1170. The van der Waals surface area contributed by atoms with Crippen molar-refractivity contribution in [2.24, 2.45) is 0 Å². The fourth-order valence-electron chi connectivity index (χ4n) is 4.79. The van der Waals surface area contributed by atoms with Crippen LogP contribution in [0.2, 0.25) is 0 Å². The number of rotatable bonds is 8. The number of carbonyl (C=O) groups excluding carboxylic acids is 2. The molecule has 1 amide bonds. The number of hydrogen-bond acceptors (Lipinski definition) is 8. The van der Waals surface area contributed by atoms with Crippen molar-refractivity contribution < 1.29 is 34.0 Å². The maximum atomic E-state index is 13.3. The molecule has 2 aromatic rings. The lowest BCUT2D eigenvalue weighted by Crippen LogP contribution is -2.38. The van der Waals surface area contributed by atoms with Gasteiger partial charge in [0.25, 0.3) is 11.7 Å². The van der Waals surface area contributed by atoms with Crippen LogP contribution in [-0.4, -0.2) is 85.3 Å². The van der Waals surface area contributed by atoms with Gasteiger partial charge in [-0.05, 0) is 54.8 Å². The molecule has 0 saturated carbocycles. The highest BCUT2D eigenvalue weighted by Gasteiger charge is 2.46. The molecule has 0 aromatic heterocycles. The van der Waals surface area contributed by atoms with Crippen molar-refractivity contribution >= 4 is 17.4 Å². The van der Waals surface area contributed by atoms with Crippen LogP contribution < -0.4 is 9.47 Å². The Labute approximate surface area is 210 Å². The maximum Gasteiger partial charge on any atom is 0.295 e. The van der Waals surface area contributed by atoms with Gasteiger partial charge in [-0.3, -0.25) is 14.5 Å². The third-order valence-corrected chi connectivity index (χ3v) is 6.70. The summed E-state index contributed by atoms with van der Waals surface area (Å²) in [6.07, 6.45) is 0.653. The average Bonchev–Trinajstić information content (AvgIpc) is 3.14. The first-order valence-corrected chi connectivity index (χ1v) is 12.0. The molecule has 9 nitrogen and oxygen atoms in total. The number of ketones is 1. The minimum atomic E-state index is -0.827. The number of phenolic OH excluding ortho intramolecular Hbond substituents is 1. The van der Waals surface area contributed by atoms with Crippen LogP contribution in [0.15, 0.2) is 42.0 Å². The zero-order valence-corrected chi connectivity index (χ0v) is 20.8. The zero-order chi connectivity index (χ0) is 25.8. The van der Waals surface area contributed by atoms with E-state index in [0.717, 1.165) is 25.2 Å². The van der Waals surface area contributed by atoms with Crippen molar-refractivity contribution in [2.45, 2.75) is 19.4 Å². The van der Waals surface area contributed by atoms with Gasteiger partial charge in [0.2, 0.25) is 0 Å². The lowest BCUT2D eigenvalue weighted by Gasteiger charge is -2.29. The number of Topliss-reactive ketones (excluding diaryl/α,β-unsaturated/α-hetero) is 1. The minimum Gasteiger partial charge on any atom is -0.507 e. The molecular weight excluding hydrogens is 464 g/mol. The number of aliphatic hydroxyl groups is 1. The lowest BCUT2D eigenvalue weighted by atomic mass is 9.94. The van der Waals surface area contributed by atoms with Gasteiger partial charge in [-0.15, -0.1) is 0 Å². The first kappa shape index (κ1) is 25.5. The van der Waals surface area contributed by atoms with Crippen molar-refractivity contribution in [1.82, 2.24) is 9.80 Å².